The molecule has 3 rings (SSSR count). The summed E-state index contributed by atoms with van der Waals surface area (Å²) in [4.78, 5) is 19.9. The summed E-state index contributed by atoms with van der Waals surface area (Å²) in [5.74, 6) is 1.97. The molecule has 112 valence electrons. The number of nitrogens with one attached hydrogen (secondary N) is 2. The second-order valence-electron chi connectivity index (χ2n) is 4.79. The summed E-state index contributed by atoms with van der Waals surface area (Å²) in [7, 11) is 0. The second kappa shape index (κ2) is 6.66. The van der Waals surface area contributed by atoms with Gasteiger partial charge in [-0.25, -0.2) is 4.98 Å². The van der Waals surface area contributed by atoms with Crippen molar-refractivity contribution in [3.05, 3.63) is 16.6 Å². The monoisotopic (exact) mass is 305 g/mol. The van der Waals surface area contributed by atoms with Crippen molar-refractivity contribution in [3.8, 4) is 0 Å². The van der Waals surface area contributed by atoms with Crippen LogP contribution in [0.1, 0.15) is 24.8 Å². The van der Waals surface area contributed by atoms with Gasteiger partial charge < -0.3 is 15.5 Å². The molecule has 0 amide bonds. The molecular formula is C13H19N7S. The average molecular weight is 305 g/mol. The maximum atomic E-state index is 4.53. The van der Waals surface area contributed by atoms with Gasteiger partial charge in [0, 0.05) is 31.2 Å². The first-order chi connectivity index (χ1) is 10.3. The summed E-state index contributed by atoms with van der Waals surface area (Å²) < 4.78 is 0. The maximum Gasteiger partial charge on any atom is 0.231 e. The molecular weight excluding hydrogens is 286 g/mol. The molecule has 2 N–H and O–H groups in total. The van der Waals surface area contributed by atoms with Crippen molar-refractivity contribution in [3.63, 3.8) is 0 Å². The van der Waals surface area contributed by atoms with Crippen molar-refractivity contribution >= 4 is 29.2 Å². The van der Waals surface area contributed by atoms with E-state index in [2.05, 4.69) is 35.5 Å². The van der Waals surface area contributed by atoms with Gasteiger partial charge in [-0.2, -0.15) is 15.0 Å². The predicted octanol–water partition coefficient (Wildman–Crippen LogP) is 1.97. The quantitative estimate of drug-likeness (QED) is 0.844. The fourth-order valence-electron chi connectivity index (χ4n) is 2.23. The fraction of sp³-hybridized carbons (Fsp3) is 0.538. The molecule has 2 aromatic heterocycles. The average Bonchev–Trinajstić information content (AvgIpc) is 3.19. The number of anilines is 3. The molecule has 2 aromatic rings. The number of aromatic nitrogens is 4. The minimum atomic E-state index is 0.595. The van der Waals surface area contributed by atoms with Crippen LogP contribution in [0.2, 0.25) is 0 Å². The fourth-order valence-corrected chi connectivity index (χ4v) is 2.79. The van der Waals surface area contributed by atoms with Crippen LogP contribution in [0, 0.1) is 0 Å². The van der Waals surface area contributed by atoms with E-state index in [1.807, 2.05) is 12.3 Å². The zero-order valence-corrected chi connectivity index (χ0v) is 12.9. The highest BCUT2D eigenvalue weighted by atomic mass is 32.1. The molecule has 3 heterocycles. The predicted molar refractivity (Wildman–Crippen MR) is 84.9 cm³/mol. The molecule has 1 aliphatic rings. The Hall–Kier alpha value is -1.96. The van der Waals surface area contributed by atoms with E-state index >= 15 is 0 Å². The lowest BCUT2D eigenvalue weighted by Gasteiger charge is -2.16. The van der Waals surface area contributed by atoms with E-state index in [0.717, 1.165) is 30.6 Å². The van der Waals surface area contributed by atoms with Crippen molar-refractivity contribution < 1.29 is 0 Å². The molecule has 21 heavy (non-hydrogen) atoms. The Bertz CT molecular complexity index is 566. The molecule has 1 fully saturated rings. The van der Waals surface area contributed by atoms with E-state index in [1.165, 1.54) is 12.8 Å². The number of thiazole rings is 1. The van der Waals surface area contributed by atoms with Crippen LogP contribution >= 0.6 is 11.3 Å². The third-order valence-electron chi connectivity index (χ3n) is 3.23. The Balaban J connectivity index is 1.77. The normalized spacial score (nSPS) is 14.4. The Morgan fingerprint density at radius 2 is 1.90 bits per heavy atom. The van der Waals surface area contributed by atoms with E-state index in [1.54, 1.807) is 17.5 Å². The van der Waals surface area contributed by atoms with E-state index in [-0.39, 0.29) is 0 Å². The summed E-state index contributed by atoms with van der Waals surface area (Å²) in [6.45, 7) is 5.48. The molecule has 0 aliphatic carbocycles. The van der Waals surface area contributed by atoms with Crippen LogP contribution in [0.25, 0.3) is 0 Å². The standard InChI is InChI=1S/C13H19N7S/c1-2-14-11-17-12(16-9-10-15-5-8-21-10)19-13(18-11)20-6-3-4-7-20/h5,8H,2-4,6-7,9H2,1H3,(H2,14,16,17,18,19). The van der Waals surface area contributed by atoms with Gasteiger partial charge >= 0.3 is 0 Å². The highest BCUT2D eigenvalue weighted by Crippen LogP contribution is 2.19. The smallest absolute Gasteiger partial charge is 0.231 e. The van der Waals surface area contributed by atoms with Crippen molar-refractivity contribution in [2.45, 2.75) is 26.3 Å². The van der Waals surface area contributed by atoms with Crippen LogP contribution in [0.15, 0.2) is 11.6 Å². The van der Waals surface area contributed by atoms with Crippen molar-refractivity contribution in [2.75, 3.05) is 35.2 Å². The lowest BCUT2D eigenvalue weighted by atomic mass is 10.4. The minimum Gasteiger partial charge on any atom is -0.354 e. The van der Waals surface area contributed by atoms with Gasteiger partial charge in [0.15, 0.2) is 0 Å². The zero-order chi connectivity index (χ0) is 14.5. The molecule has 1 aliphatic heterocycles. The van der Waals surface area contributed by atoms with Gasteiger partial charge in [0.2, 0.25) is 17.8 Å². The highest BCUT2D eigenvalue weighted by molar-refractivity contribution is 7.09. The minimum absolute atomic E-state index is 0.595. The largest absolute Gasteiger partial charge is 0.354 e. The Kier molecular flexibility index (Phi) is 4.44. The summed E-state index contributed by atoms with van der Waals surface area (Å²) in [5, 5.41) is 9.37. The first kappa shape index (κ1) is 14.0. The topological polar surface area (TPSA) is 78.9 Å². The van der Waals surface area contributed by atoms with Gasteiger partial charge in [-0.05, 0) is 19.8 Å². The molecule has 0 unspecified atom stereocenters. The van der Waals surface area contributed by atoms with Gasteiger partial charge in [-0.1, -0.05) is 0 Å². The summed E-state index contributed by atoms with van der Waals surface area (Å²) in [5.41, 5.74) is 0. The van der Waals surface area contributed by atoms with E-state index < -0.39 is 0 Å². The number of rotatable bonds is 6. The molecule has 0 aromatic carbocycles. The van der Waals surface area contributed by atoms with E-state index in [0.29, 0.717) is 18.4 Å². The van der Waals surface area contributed by atoms with Gasteiger partial charge in [0.1, 0.15) is 5.01 Å². The first-order valence-corrected chi connectivity index (χ1v) is 8.10. The Labute approximate surface area is 127 Å². The van der Waals surface area contributed by atoms with Crippen LogP contribution in [0.4, 0.5) is 17.8 Å². The third-order valence-corrected chi connectivity index (χ3v) is 4.01. The SMILES string of the molecule is CCNc1nc(NCc2nccs2)nc(N2CCCC2)n1. The second-order valence-corrected chi connectivity index (χ2v) is 5.77. The van der Waals surface area contributed by atoms with Gasteiger partial charge in [-0.3, -0.25) is 0 Å². The van der Waals surface area contributed by atoms with Crippen LogP contribution < -0.4 is 15.5 Å². The number of hydrogen-bond donors (Lipinski definition) is 2. The number of nitrogens with zero attached hydrogens (tertiary/aromatic N) is 5. The van der Waals surface area contributed by atoms with Crippen molar-refractivity contribution in [2.24, 2.45) is 0 Å². The molecule has 0 bridgehead atoms. The Morgan fingerprint density at radius 3 is 2.57 bits per heavy atom. The van der Waals surface area contributed by atoms with Crippen molar-refractivity contribution in [1.29, 1.82) is 0 Å². The molecule has 0 radical (unpaired) electrons. The summed E-state index contributed by atoms with van der Waals surface area (Å²) in [6, 6.07) is 0. The van der Waals surface area contributed by atoms with Gasteiger partial charge in [0.25, 0.3) is 0 Å². The summed E-state index contributed by atoms with van der Waals surface area (Å²) in [6.07, 6.45) is 4.20. The maximum absolute atomic E-state index is 4.53. The lowest BCUT2D eigenvalue weighted by Crippen LogP contribution is -2.22. The first-order valence-electron chi connectivity index (χ1n) is 7.22. The molecule has 1 saturated heterocycles. The van der Waals surface area contributed by atoms with Crippen LogP contribution in [-0.2, 0) is 6.54 Å². The van der Waals surface area contributed by atoms with Gasteiger partial charge in [-0.15, -0.1) is 11.3 Å². The molecule has 0 saturated carbocycles. The van der Waals surface area contributed by atoms with Crippen LogP contribution in [0.3, 0.4) is 0 Å². The van der Waals surface area contributed by atoms with Crippen molar-refractivity contribution in [1.82, 2.24) is 19.9 Å². The lowest BCUT2D eigenvalue weighted by molar-refractivity contribution is 0.874. The third kappa shape index (κ3) is 3.57. The zero-order valence-electron chi connectivity index (χ0n) is 12.0. The summed E-state index contributed by atoms with van der Waals surface area (Å²) >= 11 is 1.62. The molecule has 7 nitrogen and oxygen atoms in total. The number of hydrogen-bond acceptors (Lipinski definition) is 8. The van der Waals surface area contributed by atoms with Crippen LogP contribution in [-0.4, -0.2) is 39.6 Å². The molecule has 0 spiro atoms. The highest BCUT2D eigenvalue weighted by Gasteiger charge is 2.17. The van der Waals surface area contributed by atoms with E-state index in [9.17, 15) is 0 Å². The molecule has 0 atom stereocenters. The Morgan fingerprint density at radius 1 is 1.14 bits per heavy atom. The van der Waals surface area contributed by atoms with E-state index in [4.69, 9.17) is 0 Å². The molecule has 8 heteroatoms. The van der Waals surface area contributed by atoms with Crippen LogP contribution in [0.5, 0.6) is 0 Å². The van der Waals surface area contributed by atoms with Gasteiger partial charge in [0.05, 0.1) is 6.54 Å².